The maximum absolute atomic E-state index is 11.2. The zero-order valence-corrected chi connectivity index (χ0v) is 8.81. The average molecular weight is 222 g/mol. The van der Waals surface area contributed by atoms with E-state index in [1.165, 1.54) is 32.4 Å². The molecule has 1 aromatic heterocycles. The van der Waals surface area contributed by atoms with Crippen LogP contribution in [0.5, 0.6) is 17.2 Å². The lowest BCUT2D eigenvalue weighted by atomic mass is 10.2. The van der Waals surface area contributed by atoms with E-state index in [2.05, 4.69) is 0 Å². The van der Waals surface area contributed by atoms with Gasteiger partial charge in [-0.15, -0.1) is 0 Å². The van der Waals surface area contributed by atoms with Crippen molar-refractivity contribution in [2.75, 3.05) is 14.2 Å². The second-order valence-electron chi connectivity index (χ2n) is 3.15. The minimum atomic E-state index is -0.544. The van der Waals surface area contributed by atoms with E-state index in [-0.39, 0.29) is 11.3 Å². The van der Waals surface area contributed by atoms with Crippen molar-refractivity contribution in [3.05, 3.63) is 28.6 Å². The highest BCUT2D eigenvalue weighted by atomic mass is 16.5. The van der Waals surface area contributed by atoms with Crippen molar-refractivity contribution < 1.29 is 19.0 Å². The zero-order chi connectivity index (χ0) is 11.7. The van der Waals surface area contributed by atoms with Gasteiger partial charge in [0.1, 0.15) is 28.2 Å². The molecule has 1 aromatic carbocycles. The van der Waals surface area contributed by atoms with Gasteiger partial charge in [0.05, 0.1) is 20.3 Å². The first-order valence-corrected chi connectivity index (χ1v) is 4.54. The number of phenolic OH excluding ortho intramolecular Hbond substituents is 1. The zero-order valence-electron chi connectivity index (χ0n) is 8.81. The summed E-state index contributed by atoms with van der Waals surface area (Å²) in [6, 6.07) is 3.98. The fraction of sp³-hybridized carbons (Fsp3) is 0.182. The van der Waals surface area contributed by atoms with E-state index in [9.17, 15) is 9.90 Å². The van der Waals surface area contributed by atoms with Gasteiger partial charge in [0.15, 0.2) is 0 Å². The van der Waals surface area contributed by atoms with E-state index in [0.717, 1.165) is 0 Å². The van der Waals surface area contributed by atoms with Crippen molar-refractivity contribution in [3.8, 4) is 17.2 Å². The van der Waals surface area contributed by atoms with Crippen LogP contribution in [-0.4, -0.2) is 19.3 Å². The van der Waals surface area contributed by atoms with E-state index in [1.54, 1.807) is 0 Å². The van der Waals surface area contributed by atoms with Crippen LogP contribution < -0.4 is 15.1 Å². The number of phenols is 1. The molecule has 0 bridgehead atoms. The third-order valence-electron chi connectivity index (χ3n) is 2.20. The minimum absolute atomic E-state index is 0.0410. The fourth-order valence-electron chi connectivity index (χ4n) is 1.54. The molecular formula is C11H10O5. The molecule has 1 heterocycles. The van der Waals surface area contributed by atoms with E-state index < -0.39 is 5.63 Å². The number of hydrogen-bond acceptors (Lipinski definition) is 5. The van der Waals surface area contributed by atoms with Gasteiger partial charge in [-0.3, -0.25) is 0 Å². The molecule has 0 aliphatic carbocycles. The van der Waals surface area contributed by atoms with Crippen molar-refractivity contribution >= 4 is 11.0 Å². The van der Waals surface area contributed by atoms with Crippen molar-refractivity contribution in [1.82, 2.24) is 0 Å². The summed E-state index contributed by atoms with van der Waals surface area (Å²) in [5.41, 5.74) is -0.321. The number of methoxy groups -OCH3 is 2. The summed E-state index contributed by atoms with van der Waals surface area (Å²) in [4.78, 5) is 11.2. The van der Waals surface area contributed by atoms with Gasteiger partial charge in [0, 0.05) is 12.1 Å². The Morgan fingerprint density at radius 2 is 1.75 bits per heavy atom. The normalized spacial score (nSPS) is 10.4. The van der Waals surface area contributed by atoms with Gasteiger partial charge in [0.25, 0.3) is 0 Å². The Bertz CT molecular complexity index is 585. The largest absolute Gasteiger partial charge is 0.508 e. The van der Waals surface area contributed by atoms with Crippen LogP contribution in [0.25, 0.3) is 11.0 Å². The summed E-state index contributed by atoms with van der Waals surface area (Å²) >= 11 is 0. The highest BCUT2D eigenvalue weighted by Gasteiger charge is 2.12. The van der Waals surface area contributed by atoms with Crippen LogP contribution in [0.2, 0.25) is 0 Å². The Labute approximate surface area is 90.8 Å². The smallest absolute Gasteiger partial charge is 0.339 e. The maximum Gasteiger partial charge on any atom is 0.339 e. The van der Waals surface area contributed by atoms with E-state index >= 15 is 0 Å². The molecule has 0 amide bonds. The van der Waals surface area contributed by atoms with Crippen molar-refractivity contribution in [1.29, 1.82) is 0 Å². The quantitative estimate of drug-likeness (QED) is 0.780. The number of aromatic hydroxyl groups is 1. The number of ether oxygens (including phenoxy) is 2. The predicted molar refractivity (Wildman–Crippen MR) is 57.3 cm³/mol. The second kappa shape index (κ2) is 3.77. The number of benzene rings is 1. The Kier molecular flexibility index (Phi) is 2.44. The third kappa shape index (κ3) is 1.56. The predicted octanol–water partition coefficient (Wildman–Crippen LogP) is 1.52. The lowest BCUT2D eigenvalue weighted by Gasteiger charge is -2.08. The summed E-state index contributed by atoms with van der Waals surface area (Å²) in [6.45, 7) is 0. The highest BCUT2D eigenvalue weighted by Crippen LogP contribution is 2.35. The molecular weight excluding hydrogens is 212 g/mol. The highest BCUT2D eigenvalue weighted by molar-refractivity contribution is 5.90. The van der Waals surface area contributed by atoms with Crippen LogP contribution in [-0.2, 0) is 0 Å². The van der Waals surface area contributed by atoms with Gasteiger partial charge in [-0.1, -0.05) is 0 Å². The molecule has 0 aliphatic heterocycles. The molecule has 1 N–H and O–H groups in total. The minimum Gasteiger partial charge on any atom is -0.508 e. The molecule has 2 aromatic rings. The summed E-state index contributed by atoms with van der Waals surface area (Å²) in [5.74, 6) is 0.694. The molecule has 0 radical (unpaired) electrons. The topological polar surface area (TPSA) is 68.9 Å². The number of hydrogen-bond donors (Lipinski definition) is 1. The van der Waals surface area contributed by atoms with E-state index in [0.29, 0.717) is 16.9 Å². The molecule has 0 saturated carbocycles. The van der Waals surface area contributed by atoms with Crippen LogP contribution >= 0.6 is 0 Å². The van der Waals surface area contributed by atoms with Gasteiger partial charge in [-0.25, -0.2) is 4.79 Å². The third-order valence-corrected chi connectivity index (χ3v) is 2.20. The Morgan fingerprint density at radius 3 is 2.38 bits per heavy atom. The van der Waals surface area contributed by atoms with Gasteiger partial charge in [0.2, 0.25) is 0 Å². The first-order chi connectivity index (χ1) is 7.65. The standard InChI is InChI=1S/C11H10O5/c1-14-7-3-6(12)4-9-11(7)8(15-2)5-10(13)16-9/h3-5,12H,1-2H3. The van der Waals surface area contributed by atoms with Gasteiger partial charge in [-0.2, -0.15) is 0 Å². The fourth-order valence-corrected chi connectivity index (χ4v) is 1.54. The Balaban J connectivity index is 2.93. The molecule has 5 nitrogen and oxygen atoms in total. The first-order valence-electron chi connectivity index (χ1n) is 4.54. The van der Waals surface area contributed by atoms with Crippen LogP contribution in [0, 0.1) is 0 Å². The summed E-state index contributed by atoms with van der Waals surface area (Å²) < 4.78 is 15.1. The summed E-state index contributed by atoms with van der Waals surface area (Å²) in [5, 5.41) is 9.93. The Hall–Kier alpha value is -2.17. The van der Waals surface area contributed by atoms with Gasteiger partial charge < -0.3 is 19.0 Å². The van der Waals surface area contributed by atoms with Crippen LogP contribution in [0.1, 0.15) is 0 Å². The molecule has 84 valence electrons. The lowest BCUT2D eigenvalue weighted by Crippen LogP contribution is -1.99. The maximum atomic E-state index is 11.2. The number of fused-ring (bicyclic) bond motifs is 1. The molecule has 16 heavy (non-hydrogen) atoms. The lowest BCUT2D eigenvalue weighted by molar-refractivity contribution is 0.395. The monoisotopic (exact) mass is 222 g/mol. The molecule has 0 aliphatic rings. The molecule has 2 rings (SSSR count). The average Bonchev–Trinajstić information content (AvgIpc) is 2.26. The van der Waals surface area contributed by atoms with Crippen LogP contribution in [0.4, 0.5) is 0 Å². The SMILES string of the molecule is COc1cc(O)cc2oc(=O)cc(OC)c12. The van der Waals surface area contributed by atoms with Crippen molar-refractivity contribution in [2.45, 2.75) is 0 Å². The second-order valence-corrected chi connectivity index (χ2v) is 3.15. The first kappa shape index (κ1) is 10.4. The summed E-state index contributed by atoms with van der Waals surface area (Å²) in [6.07, 6.45) is 0. The molecule has 0 atom stereocenters. The number of rotatable bonds is 2. The van der Waals surface area contributed by atoms with E-state index in [1.807, 2.05) is 0 Å². The molecule has 5 heteroatoms. The van der Waals surface area contributed by atoms with Crippen LogP contribution in [0.15, 0.2) is 27.4 Å². The molecule has 0 unspecified atom stereocenters. The Morgan fingerprint density at radius 1 is 1.12 bits per heavy atom. The van der Waals surface area contributed by atoms with Crippen molar-refractivity contribution in [3.63, 3.8) is 0 Å². The van der Waals surface area contributed by atoms with Crippen molar-refractivity contribution in [2.24, 2.45) is 0 Å². The molecule has 0 fully saturated rings. The molecule has 0 saturated heterocycles. The molecule has 0 spiro atoms. The van der Waals surface area contributed by atoms with E-state index in [4.69, 9.17) is 13.9 Å². The summed E-state index contributed by atoms with van der Waals surface area (Å²) in [7, 11) is 2.90. The van der Waals surface area contributed by atoms with Gasteiger partial charge in [-0.05, 0) is 0 Å². The van der Waals surface area contributed by atoms with Crippen LogP contribution in [0.3, 0.4) is 0 Å². The van der Waals surface area contributed by atoms with Gasteiger partial charge >= 0.3 is 5.63 Å².